The highest BCUT2D eigenvalue weighted by molar-refractivity contribution is 6.43. The second-order valence-corrected chi connectivity index (χ2v) is 6.04. The summed E-state index contributed by atoms with van der Waals surface area (Å²) in [4.78, 5) is 0. The molecular weight excluding hydrogens is 175 g/mol. The predicted molar refractivity (Wildman–Crippen MR) is 56.0 cm³/mol. The average molecular weight is 194 g/mol. The third-order valence-corrected chi connectivity index (χ3v) is 5.08. The van der Waals surface area contributed by atoms with E-state index in [1.807, 2.05) is 6.82 Å². The van der Waals surface area contributed by atoms with Crippen LogP contribution in [0.3, 0.4) is 0 Å². The normalized spacial score (nSPS) is 54.0. The maximum absolute atomic E-state index is 6.02. The maximum atomic E-state index is 6.02. The van der Waals surface area contributed by atoms with E-state index >= 15 is 0 Å². The van der Waals surface area contributed by atoms with Gasteiger partial charge in [-0.05, 0) is 43.8 Å². The topological polar surface area (TPSA) is 18.5 Å². The summed E-state index contributed by atoms with van der Waals surface area (Å²) in [5.74, 6) is 1.56. The summed E-state index contributed by atoms with van der Waals surface area (Å²) in [5, 5.41) is 0. The molecule has 0 spiro atoms. The standard InChI is InChI=1S/C11H19BO2/c1-10(2)7-5-8(10)11(3)9(6-7)13-12(4)14-11/h7-9H,5-6H2,1-4H3/t7-,8?,9+,11-/m0/s1. The Morgan fingerprint density at radius 2 is 1.93 bits per heavy atom. The van der Waals surface area contributed by atoms with Crippen LogP contribution < -0.4 is 0 Å². The molecule has 1 unspecified atom stereocenters. The quantitative estimate of drug-likeness (QED) is 0.551. The molecule has 0 aromatic carbocycles. The van der Waals surface area contributed by atoms with Crippen LogP contribution in [0.25, 0.3) is 0 Å². The molecule has 2 nitrogen and oxygen atoms in total. The Morgan fingerprint density at radius 3 is 2.57 bits per heavy atom. The summed E-state index contributed by atoms with van der Waals surface area (Å²) >= 11 is 0. The van der Waals surface area contributed by atoms with Crippen LogP contribution in [0.1, 0.15) is 33.6 Å². The molecule has 4 atom stereocenters. The number of hydrogen-bond acceptors (Lipinski definition) is 2. The van der Waals surface area contributed by atoms with Crippen molar-refractivity contribution in [3.8, 4) is 0 Å². The fraction of sp³-hybridized carbons (Fsp3) is 1.00. The first-order valence-corrected chi connectivity index (χ1v) is 5.78. The summed E-state index contributed by atoms with van der Waals surface area (Å²) < 4.78 is 11.9. The van der Waals surface area contributed by atoms with Crippen molar-refractivity contribution in [2.75, 3.05) is 0 Å². The van der Waals surface area contributed by atoms with E-state index in [4.69, 9.17) is 9.31 Å². The van der Waals surface area contributed by atoms with Gasteiger partial charge in [-0.2, -0.15) is 0 Å². The van der Waals surface area contributed by atoms with Crippen molar-refractivity contribution in [1.82, 2.24) is 0 Å². The Kier molecular flexibility index (Phi) is 1.57. The Bertz CT molecular complexity index is 278. The van der Waals surface area contributed by atoms with Crippen LogP contribution in [-0.2, 0) is 9.31 Å². The molecular formula is C11H19BO2. The van der Waals surface area contributed by atoms with Crippen LogP contribution in [0.5, 0.6) is 0 Å². The molecule has 1 saturated heterocycles. The van der Waals surface area contributed by atoms with Crippen LogP contribution in [0, 0.1) is 17.3 Å². The molecule has 0 radical (unpaired) electrons. The highest BCUT2D eigenvalue weighted by atomic mass is 16.7. The molecule has 3 heteroatoms. The Labute approximate surface area is 86.5 Å². The van der Waals surface area contributed by atoms with E-state index in [9.17, 15) is 0 Å². The zero-order chi connectivity index (χ0) is 10.1. The van der Waals surface area contributed by atoms with Gasteiger partial charge in [0.1, 0.15) is 0 Å². The van der Waals surface area contributed by atoms with Crippen LogP contribution in [0.2, 0.25) is 6.82 Å². The maximum Gasteiger partial charge on any atom is 0.454 e. The lowest BCUT2D eigenvalue weighted by molar-refractivity contribution is -0.199. The van der Waals surface area contributed by atoms with Crippen LogP contribution in [0.4, 0.5) is 0 Å². The summed E-state index contributed by atoms with van der Waals surface area (Å²) in [6, 6.07) is 0. The summed E-state index contributed by atoms with van der Waals surface area (Å²) in [6.45, 7) is 9.05. The molecule has 4 aliphatic rings. The van der Waals surface area contributed by atoms with E-state index in [1.165, 1.54) is 12.8 Å². The molecule has 2 bridgehead atoms. The van der Waals surface area contributed by atoms with Gasteiger partial charge in [-0.25, -0.2) is 0 Å². The molecule has 14 heavy (non-hydrogen) atoms. The van der Waals surface area contributed by atoms with Crippen molar-refractivity contribution in [1.29, 1.82) is 0 Å². The van der Waals surface area contributed by atoms with Crippen molar-refractivity contribution in [3.05, 3.63) is 0 Å². The number of hydrogen-bond donors (Lipinski definition) is 0. The van der Waals surface area contributed by atoms with Crippen molar-refractivity contribution in [2.24, 2.45) is 17.3 Å². The fourth-order valence-corrected chi connectivity index (χ4v) is 4.07. The highest BCUT2D eigenvalue weighted by Gasteiger charge is 2.67. The second kappa shape index (κ2) is 2.38. The van der Waals surface area contributed by atoms with Crippen LogP contribution >= 0.6 is 0 Å². The number of rotatable bonds is 0. The Balaban J connectivity index is 1.95. The summed E-state index contributed by atoms with van der Waals surface area (Å²) in [5.41, 5.74) is 0.469. The smallest absolute Gasteiger partial charge is 0.406 e. The lowest BCUT2D eigenvalue weighted by Gasteiger charge is -2.64. The molecule has 1 heterocycles. The molecule has 3 saturated carbocycles. The predicted octanol–water partition coefficient (Wildman–Crippen LogP) is 2.34. The molecule has 0 amide bonds. The minimum absolute atomic E-state index is 0.000139. The van der Waals surface area contributed by atoms with Crippen LogP contribution in [-0.4, -0.2) is 18.8 Å². The van der Waals surface area contributed by atoms with Gasteiger partial charge in [-0.1, -0.05) is 13.8 Å². The third kappa shape index (κ3) is 0.861. The monoisotopic (exact) mass is 194 g/mol. The van der Waals surface area contributed by atoms with E-state index in [-0.39, 0.29) is 12.7 Å². The summed E-state index contributed by atoms with van der Waals surface area (Å²) in [6.07, 6.45) is 2.90. The Hall–Kier alpha value is -0.0151. The zero-order valence-electron chi connectivity index (χ0n) is 9.54. The van der Waals surface area contributed by atoms with Crippen LogP contribution in [0.15, 0.2) is 0 Å². The van der Waals surface area contributed by atoms with Gasteiger partial charge in [0.05, 0.1) is 11.7 Å². The van der Waals surface area contributed by atoms with Gasteiger partial charge in [0.15, 0.2) is 0 Å². The first kappa shape index (κ1) is 9.23. The van der Waals surface area contributed by atoms with E-state index in [1.54, 1.807) is 0 Å². The molecule has 0 aromatic heterocycles. The molecule has 4 rings (SSSR count). The Morgan fingerprint density at radius 1 is 1.21 bits per heavy atom. The van der Waals surface area contributed by atoms with Gasteiger partial charge < -0.3 is 9.31 Å². The minimum Gasteiger partial charge on any atom is -0.406 e. The fourth-order valence-electron chi connectivity index (χ4n) is 4.07. The SMILES string of the molecule is CB1O[C@@H]2C[C@@H]3CC(C3(C)C)[C@]2(C)O1. The van der Waals surface area contributed by atoms with Gasteiger partial charge in [-0.3, -0.25) is 0 Å². The third-order valence-electron chi connectivity index (χ3n) is 5.08. The molecule has 4 fully saturated rings. The van der Waals surface area contributed by atoms with Gasteiger partial charge in [0.2, 0.25) is 0 Å². The van der Waals surface area contributed by atoms with Gasteiger partial charge in [0, 0.05) is 0 Å². The summed E-state index contributed by atoms with van der Waals surface area (Å²) in [7, 11) is 0.000139. The van der Waals surface area contributed by atoms with Crippen molar-refractivity contribution in [2.45, 2.75) is 52.1 Å². The first-order valence-electron chi connectivity index (χ1n) is 5.78. The van der Waals surface area contributed by atoms with Gasteiger partial charge in [-0.15, -0.1) is 0 Å². The van der Waals surface area contributed by atoms with E-state index < -0.39 is 0 Å². The largest absolute Gasteiger partial charge is 0.454 e. The van der Waals surface area contributed by atoms with Crippen molar-refractivity contribution >= 4 is 7.12 Å². The van der Waals surface area contributed by atoms with E-state index in [0.29, 0.717) is 17.4 Å². The zero-order valence-corrected chi connectivity index (χ0v) is 9.54. The minimum atomic E-state index is -0.00231. The van der Waals surface area contributed by atoms with E-state index in [0.717, 1.165) is 5.92 Å². The first-order chi connectivity index (χ1) is 6.44. The van der Waals surface area contributed by atoms with Crippen molar-refractivity contribution < 1.29 is 9.31 Å². The van der Waals surface area contributed by atoms with Gasteiger partial charge >= 0.3 is 7.12 Å². The lowest BCUT2D eigenvalue weighted by Crippen LogP contribution is -2.65. The second-order valence-electron chi connectivity index (χ2n) is 6.04. The highest BCUT2D eigenvalue weighted by Crippen LogP contribution is 2.65. The van der Waals surface area contributed by atoms with Gasteiger partial charge in [0.25, 0.3) is 0 Å². The molecule has 78 valence electrons. The average Bonchev–Trinajstić information content (AvgIpc) is 2.37. The molecule has 0 aromatic rings. The lowest BCUT2D eigenvalue weighted by atomic mass is 9.43. The van der Waals surface area contributed by atoms with E-state index in [2.05, 4.69) is 20.8 Å². The molecule has 3 aliphatic carbocycles. The van der Waals surface area contributed by atoms with Crippen molar-refractivity contribution in [3.63, 3.8) is 0 Å². The molecule has 1 aliphatic heterocycles. The molecule has 0 N–H and O–H groups in total.